The van der Waals surface area contributed by atoms with Crippen molar-refractivity contribution in [3.05, 3.63) is 178 Å². The maximum absolute atomic E-state index is 2.69. The van der Waals surface area contributed by atoms with E-state index < -0.39 is 0 Å². The van der Waals surface area contributed by atoms with Crippen molar-refractivity contribution < 1.29 is 0 Å². The van der Waals surface area contributed by atoms with Crippen LogP contribution in [0.4, 0.5) is 11.4 Å². The molecule has 5 atom stereocenters. The Morgan fingerprint density at radius 2 is 1.18 bits per heavy atom. The summed E-state index contributed by atoms with van der Waals surface area (Å²) >= 11 is 0. The van der Waals surface area contributed by atoms with Gasteiger partial charge in [0.25, 0.3) is 0 Å². The topological polar surface area (TPSA) is 3.24 Å². The molecule has 5 unspecified atom stereocenters. The first-order valence-electron chi connectivity index (χ1n) is 24.0. The molecule has 320 valence electrons. The van der Waals surface area contributed by atoms with Crippen molar-refractivity contribution >= 4 is 11.4 Å². The second kappa shape index (κ2) is 18.4. The summed E-state index contributed by atoms with van der Waals surface area (Å²) in [5.74, 6) is 1.56. The van der Waals surface area contributed by atoms with Gasteiger partial charge in [0.15, 0.2) is 0 Å². The van der Waals surface area contributed by atoms with Crippen LogP contribution in [0, 0.1) is 38.5 Å². The molecule has 0 amide bonds. The van der Waals surface area contributed by atoms with Gasteiger partial charge in [-0.05, 0) is 153 Å². The van der Waals surface area contributed by atoms with Gasteiger partial charge in [0.05, 0.1) is 5.54 Å². The van der Waals surface area contributed by atoms with Gasteiger partial charge in [-0.1, -0.05) is 193 Å². The Hall–Kier alpha value is -4.62. The molecular weight excluding hydrogens is 735 g/mol. The van der Waals surface area contributed by atoms with Crippen molar-refractivity contribution in [1.82, 2.24) is 0 Å². The van der Waals surface area contributed by atoms with Crippen molar-refractivity contribution in [2.24, 2.45) is 17.8 Å². The molecule has 2 aliphatic rings. The van der Waals surface area contributed by atoms with Crippen LogP contribution in [0.25, 0.3) is 11.1 Å². The number of aryl methyl sites for hydroxylation is 3. The summed E-state index contributed by atoms with van der Waals surface area (Å²) in [6.07, 6.45) is 17.7. The van der Waals surface area contributed by atoms with E-state index in [1.54, 1.807) is 5.56 Å². The SMILES string of the molecule is CCCCC(CC)(c1ccc2c(c1)C(C)(C)c1cc(C(CC)(CCC)N(c3ccc(C)cc3)c3ccc(C)cc3)ccc1-2)C(C)C(Cc1ccc(C)cc1)C1C=CC(C)=CC1. The summed E-state index contributed by atoms with van der Waals surface area (Å²) in [6.45, 7) is 26.1. The molecule has 0 spiro atoms. The highest BCUT2D eigenvalue weighted by Crippen LogP contribution is 2.55. The zero-order chi connectivity index (χ0) is 43.5. The minimum absolute atomic E-state index is 0.0710. The lowest BCUT2D eigenvalue weighted by Gasteiger charge is -2.46. The summed E-state index contributed by atoms with van der Waals surface area (Å²) in [6, 6.07) is 43.2. The van der Waals surface area contributed by atoms with Crippen LogP contribution in [0.2, 0.25) is 0 Å². The minimum Gasteiger partial charge on any atom is -0.331 e. The van der Waals surface area contributed by atoms with Crippen molar-refractivity contribution in [2.45, 2.75) is 150 Å². The molecule has 0 fully saturated rings. The number of anilines is 2. The lowest BCUT2D eigenvalue weighted by Crippen LogP contribution is -2.43. The molecule has 1 nitrogen and oxygen atoms in total. The van der Waals surface area contributed by atoms with E-state index in [9.17, 15) is 0 Å². The molecule has 0 saturated heterocycles. The molecular formula is C60H75N. The normalized spacial score (nSPS) is 18.3. The number of hydrogen-bond acceptors (Lipinski definition) is 1. The Labute approximate surface area is 371 Å². The number of hydrogen-bond donors (Lipinski definition) is 0. The second-order valence-corrected chi connectivity index (χ2v) is 19.7. The molecule has 2 aliphatic carbocycles. The van der Waals surface area contributed by atoms with Crippen LogP contribution in [-0.2, 0) is 22.8 Å². The maximum atomic E-state index is 2.69. The number of benzene rings is 5. The molecule has 61 heavy (non-hydrogen) atoms. The fourth-order valence-corrected chi connectivity index (χ4v) is 11.7. The smallest absolute Gasteiger partial charge is 0.0699 e. The fourth-order valence-electron chi connectivity index (χ4n) is 11.7. The third-order valence-electron chi connectivity index (χ3n) is 15.6. The summed E-state index contributed by atoms with van der Waals surface area (Å²) in [4.78, 5) is 2.67. The van der Waals surface area contributed by atoms with Crippen molar-refractivity contribution in [1.29, 1.82) is 0 Å². The molecule has 0 saturated carbocycles. The zero-order valence-corrected chi connectivity index (χ0v) is 39.7. The van der Waals surface area contributed by atoms with Crippen LogP contribution < -0.4 is 4.90 Å². The second-order valence-electron chi connectivity index (χ2n) is 19.7. The van der Waals surface area contributed by atoms with Gasteiger partial charge in [0, 0.05) is 16.8 Å². The average molecular weight is 810 g/mol. The summed E-state index contributed by atoms with van der Waals surface area (Å²) in [5, 5.41) is 0. The number of nitrogens with zero attached hydrogens (tertiary/aromatic N) is 1. The van der Waals surface area contributed by atoms with Gasteiger partial charge in [0.2, 0.25) is 0 Å². The summed E-state index contributed by atoms with van der Waals surface area (Å²) in [5.41, 5.74) is 17.8. The highest BCUT2D eigenvalue weighted by molar-refractivity contribution is 5.82. The average Bonchev–Trinajstić information content (AvgIpc) is 3.50. The van der Waals surface area contributed by atoms with E-state index in [0.29, 0.717) is 17.8 Å². The number of fused-ring (bicyclic) bond motifs is 3. The van der Waals surface area contributed by atoms with Gasteiger partial charge in [-0.15, -0.1) is 0 Å². The Bertz CT molecular complexity index is 2270. The van der Waals surface area contributed by atoms with E-state index in [1.807, 2.05) is 0 Å². The van der Waals surface area contributed by atoms with Gasteiger partial charge >= 0.3 is 0 Å². The Morgan fingerprint density at radius 3 is 1.67 bits per heavy atom. The van der Waals surface area contributed by atoms with E-state index in [1.165, 1.54) is 86.3 Å². The predicted molar refractivity (Wildman–Crippen MR) is 265 cm³/mol. The molecule has 7 rings (SSSR count). The number of unbranched alkanes of at least 4 members (excludes halogenated alkanes) is 1. The van der Waals surface area contributed by atoms with Crippen molar-refractivity contribution in [3.8, 4) is 11.1 Å². The highest BCUT2D eigenvalue weighted by atomic mass is 15.2. The first-order chi connectivity index (χ1) is 29.3. The van der Waals surface area contributed by atoms with Crippen LogP contribution in [-0.4, -0.2) is 0 Å². The fraction of sp³-hybridized carbons (Fsp3) is 0.433. The molecule has 0 radical (unpaired) electrons. The van der Waals surface area contributed by atoms with E-state index in [0.717, 1.165) is 38.5 Å². The Balaban J connectivity index is 1.33. The van der Waals surface area contributed by atoms with Crippen LogP contribution in [0.5, 0.6) is 0 Å². The standard InChI is InChI=1S/C60H75N/c1-12-16-38-59(14-3,46(9)55(48-27-19-43(6)20-28-48)39-47-25-17-42(5)18-26-47)49-29-35-53-54-36-30-50(41-57(54)58(10,11)56(53)40-49)60(15-4,37-13-2)61(51-31-21-44(7)22-32-51)52-33-23-45(8)24-34-52/h17-27,29-36,40-41,46,48,55H,12-16,28,37-39H2,1-11H3. The zero-order valence-electron chi connectivity index (χ0n) is 39.7. The van der Waals surface area contributed by atoms with Gasteiger partial charge in [-0.25, -0.2) is 0 Å². The Morgan fingerprint density at radius 1 is 0.639 bits per heavy atom. The molecule has 5 aromatic rings. The van der Waals surface area contributed by atoms with Gasteiger partial charge in [-0.2, -0.15) is 0 Å². The quantitative estimate of drug-likeness (QED) is 0.0904. The van der Waals surface area contributed by atoms with E-state index in [-0.39, 0.29) is 16.4 Å². The molecule has 0 heterocycles. The summed E-state index contributed by atoms with van der Waals surface area (Å²) < 4.78 is 0. The van der Waals surface area contributed by atoms with Crippen molar-refractivity contribution in [3.63, 3.8) is 0 Å². The minimum atomic E-state index is -0.217. The Kier molecular flexibility index (Phi) is 13.4. The maximum Gasteiger partial charge on any atom is 0.0699 e. The third kappa shape index (κ3) is 8.48. The largest absolute Gasteiger partial charge is 0.331 e. The highest BCUT2D eigenvalue weighted by Gasteiger charge is 2.45. The van der Waals surface area contributed by atoms with Crippen LogP contribution in [0.3, 0.4) is 0 Å². The first-order valence-corrected chi connectivity index (χ1v) is 24.0. The van der Waals surface area contributed by atoms with Gasteiger partial charge < -0.3 is 4.90 Å². The van der Waals surface area contributed by atoms with Crippen LogP contribution in [0.15, 0.2) is 133 Å². The molecule has 0 bridgehead atoms. The summed E-state index contributed by atoms with van der Waals surface area (Å²) in [7, 11) is 0. The first kappa shape index (κ1) is 44.4. The monoisotopic (exact) mass is 810 g/mol. The van der Waals surface area contributed by atoms with Crippen LogP contribution in [0.1, 0.15) is 151 Å². The number of rotatable bonds is 17. The number of allylic oxidation sites excluding steroid dienone is 4. The third-order valence-corrected chi connectivity index (χ3v) is 15.6. The van der Waals surface area contributed by atoms with Crippen molar-refractivity contribution in [2.75, 3.05) is 4.90 Å². The van der Waals surface area contributed by atoms with E-state index in [4.69, 9.17) is 0 Å². The molecule has 5 aromatic carbocycles. The van der Waals surface area contributed by atoms with E-state index in [2.05, 4.69) is 208 Å². The molecule has 0 aliphatic heterocycles. The lowest BCUT2D eigenvalue weighted by molar-refractivity contribution is 0.143. The molecule has 0 N–H and O–H groups in total. The molecule has 0 aromatic heterocycles. The van der Waals surface area contributed by atoms with Gasteiger partial charge in [-0.3, -0.25) is 0 Å². The lowest BCUT2D eigenvalue weighted by atomic mass is 9.58. The molecule has 1 heteroatoms. The van der Waals surface area contributed by atoms with Gasteiger partial charge in [0.1, 0.15) is 0 Å². The van der Waals surface area contributed by atoms with E-state index >= 15 is 0 Å². The predicted octanol–water partition coefficient (Wildman–Crippen LogP) is 17.0. The van der Waals surface area contributed by atoms with Crippen LogP contribution >= 0.6 is 0 Å².